The summed E-state index contributed by atoms with van der Waals surface area (Å²) in [6.07, 6.45) is 2.11. The number of hydrogen-bond acceptors (Lipinski definition) is 2. The fourth-order valence-corrected chi connectivity index (χ4v) is 2.44. The average Bonchev–Trinajstić information content (AvgIpc) is 2.28. The molecule has 0 spiro atoms. The number of amides is 1. The number of hydrogen-bond donors (Lipinski definition) is 0. The van der Waals surface area contributed by atoms with Crippen LogP contribution in [0.15, 0.2) is 12.1 Å². The van der Waals surface area contributed by atoms with E-state index in [0.717, 1.165) is 25.9 Å². The summed E-state index contributed by atoms with van der Waals surface area (Å²) in [5.74, 6) is 0.687. The van der Waals surface area contributed by atoms with E-state index in [1.54, 1.807) is 12.1 Å². The number of carbonyl (C=O) groups excluding carboxylic acids is 1. The van der Waals surface area contributed by atoms with Crippen LogP contribution in [0.1, 0.15) is 30.1 Å². The number of nitrogens with zero attached hydrogens (tertiary/aromatic N) is 2. The van der Waals surface area contributed by atoms with E-state index in [1.165, 1.54) is 0 Å². The van der Waals surface area contributed by atoms with Gasteiger partial charge in [0.25, 0.3) is 5.91 Å². The van der Waals surface area contributed by atoms with Crippen LogP contribution in [0.3, 0.4) is 0 Å². The molecule has 0 aromatic carbocycles. The molecular weight excluding hydrogens is 259 g/mol. The molecule has 2 rings (SSSR count). The van der Waals surface area contributed by atoms with E-state index in [0.29, 0.717) is 11.5 Å². The monoisotopic (exact) mass is 272 g/mol. The Bertz CT molecular complexity index is 408. The lowest BCUT2D eigenvalue weighted by atomic mass is 9.99. The van der Waals surface area contributed by atoms with Crippen LogP contribution in [0.4, 0.5) is 0 Å². The highest BCUT2D eigenvalue weighted by Gasteiger charge is 2.21. The van der Waals surface area contributed by atoms with Gasteiger partial charge in [-0.25, -0.2) is 4.98 Å². The Kier molecular flexibility index (Phi) is 3.89. The standard InChI is InChI=1S/C12H14Cl2N2O/c1-8-2-4-16(5-3-8)12(17)9-6-10(13)15-11(14)7-9/h6-8H,2-5H2,1H3. The predicted molar refractivity (Wildman–Crippen MR) is 68.6 cm³/mol. The lowest BCUT2D eigenvalue weighted by molar-refractivity contribution is 0.0697. The molecule has 1 saturated heterocycles. The second-order valence-corrected chi connectivity index (χ2v) is 5.25. The molecule has 1 fully saturated rings. The van der Waals surface area contributed by atoms with Gasteiger partial charge in [0, 0.05) is 18.7 Å². The molecule has 1 amide bonds. The molecule has 0 radical (unpaired) electrons. The van der Waals surface area contributed by atoms with E-state index in [9.17, 15) is 4.79 Å². The fraction of sp³-hybridized carbons (Fsp3) is 0.500. The van der Waals surface area contributed by atoms with Crippen molar-refractivity contribution >= 4 is 29.1 Å². The molecule has 1 aromatic heterocycles. The highest BCUT2D eigenvalue weighted by molar-refractivity contribution is 6.33. The molecule has 92 valence electrons. The zero-order valence-corrected chi connectivity index (χ0v) is 11.1. The van der Waals surface area contributed by atoms with Crippen molar-refractivity contribution in [2.24, 2.45) is 5.92 Å². The third-order valence-electron chi connectivity index (χ3n) is 3.08. The van der Waals surface area contributed by atoms with Gasteiger partial charge in [-0.15, -0.1) is 0 Å². The maximum Gasteiger partial charge on any atom is 0.254 e. The Morgan fingerprint density at radius 2 is 1.82 bits per heavy atom. The van der Waals surface area contributed by atoms with Crippen LogP contribution in [0, 0.1) is 5.92 Å². The summed E-state index contributed by atoms with van der Waals surface area (Å²) in [4.78, 5) is 17.9. The molecule has 1 aliphatic rings. The molecule has 17 heavy (non-hydrogen) atoms. The van der Waals surface area contributed by atoms with E-state index in [4.69, 9.17) is 23.2 Å². The topological polar surface area (TPSA) is 33.2 Å². The first-order chi connectivity index (χ1) is 8.06. The zero-order valence-electron chi connectivity index (χ0n) is 9.62. The Labute approximate surface area is 111 Å². The van der Waals surface area contributed by atoms with E-state index >= 15 is 0 Å². The second kappa shape index (κ2) is 5.23. The first-order valence-electron chi connectivity index (χ1n) is 5.68. The van der Waals surface area contributed by atoms with Gasteiger partial charge in [-0.2, -0.15) is 0 Å². The van der Waals surface area contributed by atoms with Crippen molar-refractivity contribution < 1.29 is 4.79 Å². The van der Waals surface area contributed by atoms with Gasteiger partial charge in [0.1, 0.15) is 10.3 Å². The number of likely N-dealkylation sites (tertiary alicyclic amines) is 1. The lowest BCUT2D eigenvalue weighted by Gasteiger charge is -2.30. The van der Waals surface area contributed by atoms with Crippen molar-refractivity contribution in [3.8, 4) is 0 Å². The van der Waals surface area contributed by atoms with Crippen molar-refractivity contribution in [1.82, 2.24) is 9.88 Å². The molecule has 1 aliphatic heterocycles. The largest absolute Gasteiger partial charge is 0.339 e. The molecule has 0 bridgehead atoms. The molecule has 0 atom stereocenters. The minimum Gasteiger partial charge on any atom is -0.339 e. The maximum absolute atomic E-state index is 12.2. The number of piperidine rings is 1. The number of carbonyl (C=O) groups is 1. The van der Waals surface area contributed by atoms with Gasteiger partial charge in [-0.1, -0.05) is 30.1 Å². The third kappa shape index (κ3) is 3.11. The van der Waals surface area contributed by atoms with Crippen LogP contribution < -0.4 is 0 Å². The summed E-state index contributed by atoms with van der Waals surface area (Å²) in [6, 6.07) is 3.13. The van der Waals surface area contributed by atoms with Crippen LogP contribution in [0.5, 0.6) is 0 Å². The smallest absolute Gasteiger partial charge is 0.254 e. The first-order valence-corrected chi connectivity index (χ1v) is 6.44. The van der Waals surface area contributed by atoms with Gasteiger partial charge < -0.3 is 4.90 Å². The average molecular weight is 273 g/mol. The molecule has 3 nitrogen and oxygen atoms in total. The number of aromatic nitrogens is 1. The molecule has 0 saturated carbocycles. The number of rotatable bonds is 1. The molecule has 2 heterocycles. The molecule has 0 aliphatic carbocycles. The fourth-order valence-electron chi connectivity index (χ4n) is 1.98. The van der Waals surface area contributed by atoms with Crippen LogP contribution in [0.25, 0.3) is 0 Å². The van der Waals surface area contributed by atoms with Crippen LogP contribution in [-0.4, -0.2) is 28.9 Å². The van der Waals surface area contributed by atoms with Crippen molar-refractivity contribution in [3.63, 3.8) is 0 Å². The van der Waals surface area contributed by atoms with Gasteiger partial charge in [-0.05, 0) is 30.9 Å². The van der Waals surface area contributed by atoms with Gasteiger partial charge in [-0.3, -0.25) is 4.79 Å². The minimum absolute atomic E-state index is 0.0110. The summed E-state index contributed by atoms with van der Waals surface area (Å²) >= 11 is 11.6. The van der Waals surface area contributed by atoms with Gasteiger partial charge in [0.05, 0.1) is 0 Å². The highest BCUT2D eigenvalue weighted by Crippen LogP contribution is 2.20. The van der Waals surface area contributed by atoms with Crippen molar-refractivity contribution in [2.75, 3.05) is 13.1 Å². The van der Waals surface area contributed by atoms with Gasteiger partial charge in [0.2, 0.25) is 0 Å². The van der Waals surface area contributed by atoms with E-state index in [2.05, 4.69) is 11.9 Å². The molecule has 1 aromatic rings. The van der Waals surface area contributed by atoms with E-state index in [-0.39, 0.29) is 16.2 Å². The Morgan fingerprint density at radius 1 is 1.29 bits per heavy atom. The first kappa shape index (κ1) is 12.7. The van der Waals surface area contributed by atoms with Crippen LogP contribution in [0.2, 0.25) is 10.3 Å². The summed E-state index contributed by atoms with van der Waals surface area (Å²) in [5.41, 5.74) is 0.518. The highest BCUT2D eigenvalue weighted by atomic mass is 35.5. The zero-order chi connectivity index (χ0) is 12.4. The normalized spacial score (nSPS) is 17.2. The maximum atomic E-state index is 12.2. The van der Waals surface area contributed by atoms with Gasteiger partial charge >= 0.3 is 0 Å². The molecule has 5 heteroatoms. The summed E-state index contributed by atoms with van der Waals surface area (Å²) < 4.78 is 0. The minimum atomic E-state index is -0.0110. The van der Waals surface area contributed by atoms with Crippen molar-refractivity contribution in [2.45, 2.75) is 19.8 Å². The summed E-state index contributed by atoms with van der Waals surface area (Å²) in [7, 11) is 0. The Balaban J connectivity index is 2.14. The van der Waals surface area contributed by atoms with Crippen molar-refractivity contribution in [1.29, 1.82) is 0 Å². The van der Waals surface area contributed by atoms with Crippen molar-refractivity contribution in [3.05, 3.63) is 28.0 Å². The predicted octanol–water partition coefficient (Wildman–Crippen LogP) is 3.26. The van der Waals surface area contributed by atoms with Crippen LogP contribution in [-0.2, 0) is 0 Å². The van der Waals surface area contributed by atoms with E-state index in [1.807, 2.05) is 4.90 Å². The Hall–Kier alpha value is -0.800. The summed E-state index contributed by atoms with van der Waals surface area (Å²) in [5, 5.41) is 0.512. The Morgan fingerprint density at radius 3 is 2.35 bits per heavy atom. The quantitative estimate of drug-likeness (QED) is 0.736. The van der Waals surface area contributed by atoms with Gasteiger partial charge in [0.15, 0.2) is 0 Å². The van der Waals surface area contributed by atoms with Crippen LogP contribution >= 0.6 is 23.2 Å². The third-order valence-corrected chi connectivity index (χ3v) is 3.47. The summed E-state index contributed by atoms with van der Waals surface area (Å²) in [6.45, 7) is 3.82. The second-order valence-electron chi connectivity index (χ2n) is 4.48. The SMILES string of the molecule is CC1CCN(C(=O)c2cc(Cl)nc(Cl)c2)CC1. The molecule has 0 N–H and O–H groups in total. The van der Waals surface area contributed by atoms with E-state index < -0.39 is 0 Å². The molecular formula is C12H14Cl2N2O. The number of pyridine rings is 1. The molecule has 0 unspecified atom stereocenters. The number of halogens is 2. The lowest BCUT2D eigenvalue weighted by Crippen LogP contribution is -2.37.